The first-order valence-corrected chi connectivity index (χ1v) is 10.3. The number of ether oxygens (including phenoxy) is 1. The Balaban J connectivity index is 1.40. The fraction of sp³-hybridized carbons (Fsp3) is 0.667. The molecule has 0 spiro atoms. The van der Waals surface area contributed by atoms with Gasteiger partial charge in [0.25, 0.3) is 5.91 Å². The van der Waals surface area contributed by atoms with Crippen LogP contribution in [0.2, 0.25) is 0 Å². The quantitative estimate of drug-likeness (QED) is 0.453. The first kappa shape index (κ1) is 21.8. The molecule has 1 fully saturated rings. The molecule has 1 aliphatic heterocycles. The molecule has 1 aromatic rings. The number of fused-ring (bicyclic) bond motifs is 1. The summed E-state index contributed by atoms with van der Waals surface area (Å²) in [5, 5.41) is 15.9. The van der Waals surface area contributed by atoms with Gasteiger partial charge in [0.1, 0.15) is 11.4 Å². The third-order valence-electron chi connectivity index (χ3n) is 6.18. The molecule has 6 nitrogen and oxygen atoms in total. The Hall–Kier alpha value is -1.93. The molecule has 1 aliphatic carbocycles. The molecule has 0 bridgehead atoms. The number of phenols is 1. The first-order chi connectivity index (χ1) is 13.8. The maximum atomic E-state index is 13.3. The van der Waals surface area contributed by atoms with Gasteiger partial charge in [-0.2, -0.15) is 0 Å². The highest BCUT2D eigenvalue weighted by molar-refractivity contribution is 5.97. The summed E-state index contributed by atoms with van der Waals surface area (Å²) < 4.78 is 32.2. The van der Waals surface area contributed by atoms with E-state index in [2.05, 4.69) is 22.5 Å². The van der Waals surface area contributed by atoms with Crippen molar-refractivity contribution < 1.29 is 23.4 Å². The van der Waals surface area contributed by atoms with Crippen LogP contribution in [-0.2, 0) is 11.2 Å². The van der Waals surface area contributed by atoms with E-state index < -0.39 is 5.92 Å². The lowest BCUT2D eigenvalue weighted by Gasteiger charge is -2.36. The number of alkyl halides is 2. The Bertz CT molecular complexity index is 719. The molecular formula is C21H31F2N3O3. The van der Waals surface area contributed by atoms with Crippen molar-refractivity contribution in [3.63, 3.8) is 0 Å². The SMILES string of the molecule is CC(C1CCC(F)(F)CC1)N(C)CCNCCc1ccc(O)c2c1OCC(=O)N2. The van der Waals surface area contributed by atoms with E-state index in [9.17, 15) is 18.7 Å². The van der Waals surface area contributed by atoms with Gasteiger partial charge in [-0.3, -0.25) is 4.79 Å². The second-order valence-electron chi connectivity index (χ2n) is 8.20. The Kier molecular flexibility index (Phi) is 6.95. The number of anilines is 1. The number of rotatable bonds is 8. The van der Waals surface area contributed by atoms with E-state index in [1.54, 1.807) is 12.1 Å². The average molecular weight is 411 g/mol. The van der Waals surface area contributed by atoms with Gasteiger partial charge in [-0.1, -0.05) is 6.07 Å². The Morgan fingerprint density at radius 1 is 1.34 bits per heavy atom. The molecule has 1 unspecified atom stereocenters. The summed E-state index contributed by atoms with van der Waals surface area (Å²) in [6.07, 6.45) is 1.90. The second-order valence-corrected chi connectivity index (χ2v) is 8.20. The molecular weight excluding hydrogens is 380 g/mol. The third kappa shape index (κ3) is 5.57. The monoisotopic (exact) mass is 411 g/mol. The van der Waals surface area contributed by atoms with E-state index in [1.165, 1.54) is 0 Å². The van der Waals surface area contributed by atoms with Crippen molar-refractivity contribution in [2.75, 3.05) is 38.6 Å². The molecule has 1 amide bonds. The minimum absolute atomic E-state index is 0.000784. The standard InChI is InChI=1S/C21H31F2N3O3/c1-14(15-5-8-21(22,23)9-6-15)26(2)12-11-24-10-7-16-3-4-17(27)19-20(16)29-13-18(28)25-19/h3-4,14-15,24,27H,5-13H2,1-2H3,(H,25,28). The molecule has 1 atom stereocenters. The van der Waals surface area contributed by atoms with Crippen LogP contribution in [0.3, 0.4) is 0 Å². The van der Waals surface area contributed by atoms with Crippen LogP contribution in [0.4, 0.5) is 14.5 Å². The number of phenolic OH excluding ortho intramolecular Hbond substituents is 1. The number of aromatic hydroxyl groups is 1. The highest BCUT2D eigenvalue weighted by Crippen LogP contribution is 2.39. The predicted octanol–water partition coefficient (Wildman–Crippen LogP) is 3.00. The summed E-state index contributed by atoms with van der Waals surface area (Å²) in [5.41, 5.74) is 1.26. The number of hydrogen-bond acceptors (Lipinski definition) is 5. The van der Waals surface area contributed by atoms with Gasteiger partial charge in [-0.25, -0.2) is 8.78 Å². The minimum Gasteiger partial charge on any atom is -0.506 e. The van der Waals surface area contributed by atoms with Gasteiger partial charge in [0.15, 0.2) is 12.4 Å². The van der Waals surface area contributed by atoms with Crippen LogP contribution in [0, 0.1) is 5.92 Å². The Morgan fingerprint density at radius 2 is 2.07 bits per heavy atom. The molecule has 1 saturated carbocycles. The van der Waals surface area contributed by atoms with Crippen molar-refractivity contribution >= 4 is 11.6 Å². The van der Waals surface area contributed by atoms with Crippen molar-refractivity contribution in [2.45, 2.75) is 51.0 Å². The molecule has 2 aliphatic rings. The number of halogens is 2. The van der Waals surface area contributed by atoms with E-state index in [0.717, 1.165) is 25.2 Å². The van der Waals surface area contributed by atoms with Gasteiger partial charge in [0.2, 0.25) is 5.92 Å². The topological polar surface area (TPSA) is 73.8 Å². The van der Waals surface area contributed by atoms with Gasteiger partial charge >= 0.3 is 0 Å². The van der Waals surface area contributed by atoms with Gasteiger partial charge in [-0.05, 0) is 57.3 Å². The molecule has 1 aromatic carbocycles. The molecule has 0 aromatic heterocycles. The number of amides is 1. The fourth-order valence-corrected chi connectivity index (χ4v) is 4.12. The molecule has 0 saturated heterocycles. The van der Waals surface area contributed by atoms with E-state index in [1.807, 2.05) is 7.05 Å². The van der Waals surface area contributed by atoms with Crippen molar-refractivity contribution in [1.82, 2.24) is 10.2 Å². The highest BCUT2D eigenvalue weighted by Gasteiger charge is 2.37. The van der Waals surface area contributed by atoms with Crippen molar-refractivity contribution in [1.29, 1.82) is 0 Å². The van der Waals surface area contributed by atoms with Gasteiger partial charge < -0.3 is 25.4 Å². The second kappa shape index (κ2) is 9.26. The molecule has 3 N–H and O–H groups in total. The van der Waals surface area contributed by atoms with Gasteiger partial charge in [0.05, 0.1) is 0 Å². The smallest absolute Gasteiger partial charge is 0.262 e. The van der Waals surface area contributed by atoms with Gasteiger partial charge in [-0.15, -0.1) is 0 Å². The summed E-state index contributed by atoms with van der Waals surface area (Å²) in [7, 11) is 2.05. The highest BCUT2D eigenvalue weighted by atomic mass is 19.3. The zero-order valence-corrected chi connectivity index (χ0v) is 17.1. The minimum atomic E-state index is -2.48. The van der Waals surface area contributed by atoms with E-state index in [4.69, 9.17) is 4.74 Å². The fourth-order valence-electron chi connectivity index (χ4n) is 4.12. The third-order valence-corrected chi connectivity index (χ3v) is 6.18. The van der Waals surface area contributed by atoms with Crippen LogP contribution in [0.1, 0.15) is 38.2 Å². The Morgan fingerprint density at radius 3 is 2.79 bits per heavy atom. The van der Waals surface area contributed by atoms with Crippen LogP contribution in [0.25, 0.3) is 0 Å². The lowest BCUT2D eigenvalue weighted by atomic mass is 9.82. The lowest BCUT2D eigenvalue weighted by Crippen LogP contribution is -2.42. The molecule has 3 rings (SSSR count). The molecule has 29 heavy (non-hydrogen) atoms. The molecule has 1 heterocycles. The maximum absolute atomic E-state index is 13.3. The van der Waals surface area contributed by atoms with Crippen LogP contribution in [-0.4, -0.2) is 61.2 Å². The maximum Gasteiger partial charge on any atom is 0.262 e. The number of likely N-dealkylation sites (N-methyl/N-ethyl adjacent to an activating group) is 1. The first-order valence-electron chi connectivity index (χ1n) is 10.3. The number of hydrogen-bond donors (Lipinski definition) is 3. The summed E-state index contributed by atoms with van der Waals surface area (Å²) >= 11 is 0. The molecule has 0 radical (unpaired) electrons. The van der Waals surface area contributed by atoms with E-state index in [-0.39, 0.29) is 37.1 Å². The van der Waals surface area contributed by atoms with E-state index in [0.29, 0.717) is 36.6 Å². The lowest BCUT2D eigenvalue weighted by molar-refractivity contribution is -0.118. The summed E-state index contributed by atoms with van der Waals surface area (Å²) in [6, 6.07) is 3.65. The summed E-state index contributed by atoms with van der Waals surface area (Å²) in [5.74, 6) is -1.89. The predicted molar refractivity (Wildman–Crippen MR) is 108 cm³/mol. The van der Waals surface area contributed by atoms with Crippen LogP contribution >= 0.6 is 0 Å². The average Bonchev–Trinajstić information content (AvgIpc) is 2.69. The summed E-state index contributed by atoms with van der Waals surface area (Å²) in [4.78, 5) is 13.7. The molecule has 162 valence electrons. The van der Waals surface area contributed by atoms with E-state index >= 15 is 0 Å². The van der Waals surface area contributed by atoms with Crippen molar-refractivity contribution in [3.8, 4) is 11.5 Å². The number of benzene rings is 1. The van der Waals surface area contributed by atoms with Crippen LogP contribution in [0.15, 0.2) is 12.1 Å². The number of nitrogens with one attached hydrogen (secondary N) is 2. The van der Waals surface area contributed by atoms with Crippen LogP contribution in [0.5, 0.6) is 11.5 Å². The molecule has 8 heteroatoms. The Labute approximate surface area is 170 Å². The zero-order chi connectivity index (χ0) is 21.0. The van der Waals surface area contributed by atoms with Crippen LogP contribution < -0.4 is 15.4 Å². The largest absolute Gasteiger partial charge is 0.506 e. The van der Waals surface area contributed by atoms with Crippen molar-refractivity contribution in [2.24, 2.45) is 5.92 Å². The van der Waals surface area contributed by atoms with Gasteiger partial charge in [0, 0.05) is 32.0 Å². The number of carbonyl (C=O) groups is 1. The normalized spacial score (nSPS) is 20.1. The summed E-state index contributed by atoms with van der Waals surface area (Å²) in [6.45, 7) is 4.44. The number of nitrogens with zero attached hydrogens (tertiary/aromatic N) is 1. The van der Waals surface area contributed by atoms with Crippen molar-refractivity contribution in [3.05, 3.63) is 17.7 Å². The zero-order valence-electron chi connectivity index (χ0n) is 17.1. The number of carbonyl (C=O) groups excluding carboxylic acids is 1.